The van der Waals surface area contributed by atoms with Crippen LogP contribution in [0.15, 0.2) is 53.6 Å². The van der Waals surface area contributed by atoms with Crippen molar-refractivity contribution < 1.29 is 17.6 Å². The number of hydrogen-bond donors (Lipinski definition) is 2. The number of amides is 1. The van der Waals surface area contributed by atoms with E-state index in [-0.39, 0.29) is 23.0 Å². The molecule has 0 radical (unpaired) electrons. The fourth-order valence-electron chi connectivity index (χ4n) is 2.79. The molecule has 0 fully saturated rings. The van der Waals surface area contributed by atoms with Crippen molar-refractivity contribution in [1.29, 1.82) is 0 Å². The van der Waals surface area contributed by atoms with Crippen molar-refractivity contribution in [3.05, 3.63) is 76.0 Å². The van der Waals surface area contributed by atoms with Gasteiger partial charge in [-0.3, -0.25) is 4.79 Å². The standard InChI is InChI=1S/C21H22FN3O3S2/c1-14-3-4-16(12-19(14)22)11-17-13-24-21(29-17)25-20(26)10-7-15-5-8-18(9-6-15)30(27,28)23-2/h3-6,8-9,12-13,23H,7,10-11H2,1-2H3,(H,24,25,26). The lowest BCUT2D eigenvalue weighted by atomic mass is 10.1. The summed E-state index contributed by atoms with van der Waals surface area (Å²) in [7, 11) is -2.11. The minimum Gasteiger partial charge on any atom is -0.302 e. The molecule has 2 aromatic carbocycles. The van der Waals surface area contributed by atoms with Gasteiger partial charge in [-0.25, -0.2) is 22.5 Å². The molecule has 0 atom stereocenters. The van der Waals surface area contributed by atoms with Crippen LogP contribution in [-0.4, -0.2) is 26.4 Å². The molecule has 6 nitrogen and oxygen atoms in total. The summed E-state index contributed by atoms with van der Waals surface area (Å²) in [4.78, 5) is 17.5. The van der Waals surface area contributed by atoms with Crippen LogP contribution in [0.25, 0.3) is 0 Å². The number of nitrogens with one attached hydrogen (secondary N) is 2. The Morgan fingerprint density at radius 2 is 1.83 bits per heavy atom. The van der Waals surface area contributed by atoms with Gasteiger partial charge in [-0.2, -0.15) is 0 Å². The molecule has 0 bridgehead atoms. The second-order valence-electron chi connectivity index (χ2n) is 6.79. The summed E-state index contributed by atoms with van der Waals surface area (Å²) in [6, 6.07) is 11.6. The number of carbonyl (C=O) groups is 1. The molecule has 0 aliphatic heterocycles. The zero-order valence-corrected chi connectivity index (χ0v) is 18.2. The number of rotatable bonds is 8. The molecule has 3 rings (SSSR count). The Labute approximate surface area is 179 Å². The second kappa shape index (κ2) is 9.46. The van der Waals surface area contributed by atoms with Gasteiger partial charge < -0.3 is 5.32 Å². The Bertz CT molecular complexity index is 1140. The fraction of sp³-hybridized carbons (Fsp3) is 0.238. The van der Waals surface area contributed by atoms with Crippen LogP contribution in [0.2, 0.25) is 0 Å². The normalized spacial score (nSPS) is 11.4. The number of nitrogens with zero attached hydrogens (tertiary/aromatic N) is 1. The first-order chi connectivity index (χ1) is 14.3. The van der Waals surface area contributed by atoms with Crippen molar-refractivity contribution >= 4 is 32.4 Å². The van der Waals surface area contributed by atoms with Crippen LogP contribution < -0.4 is 10.0 Å². The highest BCUT2D eigenvalue weighted by Crippen LogP contribution is 2.22. The van der Waals surface area contributed by atoms with Crippen LogP contribution in [0.3, 0.4) is 0 Å². The van der Waals surface area contributed by atoms with Crippen molar-refractivity contribution in [2.24, 2.45) is 0 Å². The van der Waals surface area contributed by atoms with E-state index >= 15 is 0 Å². The van der Waals surface area contributed by atoms with Gasteiger partial charge in [-0.1, -0.05) is 24.3 Å². The minimum atomic E-state index is -3.47. The first-order valence-electron chi connectivity index (χ1n) is 9.29. The average Bonchev–Trinajstić information content (AvgIpc) is 3.16. The Hall–Kier alpha value is -2.62. The summed E-state index contributed by atoms with van der Waals surface area (Å²) in [5, 5.41) is 3.27. The number of aryl methyl sites for hydroxylation is 2. The number of benzene rings is 2. The van der Waals surface area contributed by atoms with Crippen molar-refractivity contribution in [3.8, 4) is 0 Å². The molecule has 1 aromatic heterocycles. The monoisotopic (exact) mass is 447 g/mol. The maximum atomic E-state index is 13.7. The van der Waals surface area contributed by atoms with E-state index in [9.17, 15) is 17.6 Å². The number of carbonyl (C=O) groups excluding carboxylic acids is 1. The third kappa shape index (κ3) is 5.71. The van der Waals surface area contributed by atoms with Gasteiger partial charge in [-0.15, -0.1) is 11.3 Å². The van der Waals surface area contributed by atoms with Crippen LogP contribution >= 0.6 is 11.3 Å². The molecule has 30 heavy (non-hydrogen) atoms. The Kier molecular flexibility index (Phi) is 6.96. The third-order valence-corrected chi connectivity index (χ3v) is 6.90. The molecule has 0 aliphatic carbocycles. The van der Waals surface area contributed by atoms with Gasteiger partial charge in [0.25, 0.3) is 0 Å². The zero-order chi connectivity index (χ0) is 21.7. The predicted molar refractivity (Wildman–Crippen MR) is 116 cm³/mol. The van der Waals surface area contributed by atoms with Crippen molar-refractivity contribution in [2.75, 3.05) is 12.4 Å². The van der Waals surface area contributed by atoms with E-state index in [0.29, 0.717) is 23.5 Å². The van der Waals surface area contributed by atoms with Gasteiger partial charge >= 0.3 is 0 Å². The summed E-state index contributed by atoms with van der Waals surface area (Å²) >= 11 is 1.36. The van der Waals surface area contributed by atoms with E-state index < -0.39 is 10.0 Å². The van der Waals surface area contributed by atoms with Crippen molar-refractivity contribution in [3.63, 3.8) is 0 Å². The van der Waals surface area contributed by atoms with Crippen molar-refractivity contribution in [2.45, 2.75) is 31.1 Å². The molecule has 0 aliphatic rings. The molecule has 158 valence electrons. The van der Waals surface area contributed by atoms with Crippen LogP contribution in [0.1, 0.15) is 28.0 Å². The quantitative estimate of drug-likeness (QED) is 0.552. The van der Waals surface area contributed by atoms with E-state index in [1.54, 1.807) is 31.3 Å². The first kappa shape index (κ1) is 22.1. The Balaban J connectivity index is 1.52. The molecule has 1 amide bonds. The first-order valence-corrected chi connectivity index (χ1v) is 11.6. The topological polar surface area (TPSA) is 88.2 Å². The smallest absolute Gasteiger partial charge is 0.240 e. The highest BCUT2D eigenvalue weighted by molar-refractivity contribution is 7.89. The third-order valence-electron chi connectivity index (χ3n) is 4.56. The van der Waals surface area contributed by atoms with Crippen LogP contribution in [0.4, 0.5) is 9.52 Å². The lowest BCUT2D eigenvalue weighted by Crippen LogP contribution is -2.18. The fourth-order valence-corrected chi connectivity index (χ4v) is 4.38. The highest BCUT2D eigenvalue weighted by atomic mass is 32.2. The zero-order valence-electron chi connectivity index (χ0n) is 16.6. The number of hydrogen-bond acceptors (Lipinski definition) is 5. The number of anilines is 1. The SMILES string of the molecule is CNS(=O)(=O)c1ccc(CCC(=O)Nc2ncc(Cc3ccc(C)c(F)c3)s2)cc1. The molecule has 1 heterocycles. The molecule has 9 heteroatoms. The van der Waals surface area contributed by atoms with Crippen LogP contribution in [0.5, 0.6) is 0 Å². The number of thiazole rings is 1. The average molecular weight is 448 g/mol. The predicted octanol–water partition coefficient (Wildman–Crippen LogP) is 3.66. The van der Waals surface area contributed by atoms with Gasteiger partial charge in [-0.05, 0) is 55.3 Å². The molecule has 2 N–H and O–H groups in total. The van der Waals surface area contributed by atoms with Crippen molar-refractivity contribution in [1.82, 2.24) is 9.71 Å². The second-order valence-corrected chi connectivity index (χ2v) is 9.79. The Morgan fingerprint density at radius 1 is 1.13 bits per heavy atom. The highest BCUT2D eigenvalue weighted by Gasteiger charge is 2.12. The van der Waals surface area contributed by atoms with Gasteiger partial charge in [0, 0.05) is 23.9 Å². The summed E-state index contributed by atoms with van der Waals surface area (Å²) in [5.74, 6) is -0.411. The molecule has 0 unspecified atom stereocenters. The molecule has 3 aromatic rings. The maximum Gasteiger partial charge on any atom is 0.240 e. The van der Waals surface area contributed by atoms with E-state index in [0.717, 1.165) is 16.0 Å². The van der Waals surface area contributed by atoms with Gasteiger partial charge in [0.15, 0.2) is 5.13 Å². The Morgan fingerprint density at radius 3 is 2.50 bits per heavy atom. The lowest BCUT2D eigenvalue weighted by molar-refractivity contribution is -0.116. The van der Waals surface area contributed by atoms with E-state index in [1.807, 2.05) is 6.07 Å². The summed E-state index contributed by atoms with van der Waals surface area (Å²) in [6.07, 6.45) is 2.95. The summed E-state index contributed by atoms with van der Waals surface area (Å²) < 4.78 is 39.4. The number of halogens is 1. The molecular formula is C21H22FN3O3S2. The maximum absolute atomic E-state index is 13.7. The van der Waals surface area contributed by atoms with Gasteiger partial charge in [0.1, 0.15) is 5.82 Å². The lowest BCUT2D eigenvalue weighted by Gasteiger charge is -2.05. The van der Waals surface area contributed by atoms with Gasteiger partial charge in [0.05, 0.1) is 4.90 Å². The van der Waals surface area contributed by atoms with Gasteiger partial charge in [0.2, 0.25) is 15.9 Å². The summed E-state index contributed by atoms with van der Waals surface area (Å²) in [5.41, 5.74) is 2.32. The van der Waals surface area contributed by atoms with E-state index in [4.69, 9.17) is 0 Å². The minimum absolute atomic E-state index is 0.177. The van der Waals surface area contributed by atoms with E-state index in [1.165, 1.54) is 36.6 Å². The largest absolute Gasteiger partial charge is 0.302 e. The molecule has 0 saturated carbocycles. The van der Waals surface area contributed by atoms with E-state index in [2.05, 4.69) is 15.0 Å². The molecule has 0 saturated heterocycles. The number of aromatic nitrogens is 1. The molecule has 0 spiro atoms. The van der Waals surface area contributed by atoms with Crippen LogP contribution in [-0.2, 0) is 27.7 Å². The van der Waals surface area contributed by atoms with Crippen LogP contribution in [0, 0.1) is 12.7 Å². The summed E-state index contributed by atoms with van der Waals surface area (Å²) in [6.45, 7) is 1.72. The number of sulfonamides is 1. The molecular weight excluding hydrogens is 425 g/mol.